The molecule has 3 aliphatic heterocycles. The van der Waals surface area contributed by atoms with Crippen LogP contribution >= 0.6 is 31.8 Å². The lowest BCUT2D eigenvalue weighted by molar-refractivity contribution is -0.117. The fourth-order valence-corrected chi connectivity index (χ4v) is 3.46. The molecule has 144 valence electrons. The number of carbonyl (C=O) groups is 2. The molecular formula is C15H20Cl2N3O5P. The van der Waals surface area contributed by atoms with Crippen LogP contribution in [0.4, 0.5) is 0 Å². The third-order valence-corrected chi connectivity index (χ3v) is 5.13. The van der Waals surface area contributed by atoms with Crippen molar-refractivity contribution < 1.29 is 23.9 Å². The lowest BCUT2D eigenvalue weighted by Gasteiger charge is -2.21. The number of Topliss-reactive ketones (excluding diaryl/α,β-unsaturated/α-hetero) is 1. The van der Waals surface area contributed by atoms with Gasteiger partial charge in [-0.2, -0.15) is 0 Å². The first-order valence-corrected chi connectivity index (χ1v) is 10.4. The predicted molar refractivity (Wildman–Crippen MR) is 97.3 cm³/mol. The van der Waals surface area contributed by atoms with Gasteiger partial charge >= 0.3 is 8.60 Å². The predicted octanol–water partition coefficient (Wildman–Crippen LogP) is 0.589. The van der Waals surface area contributed by atoms with E-state index in [9.17, 15) is 9.59 Å². The Morgan fingerprint density at radius 3 is 2.04 bits per heavy atom. The minimum atomic E-state index is -2.34. The zero-order valence-electron chi connectivity index (χ0n) is 14.0. The summed E-state index contributed by atoms with van der Waals surface area (Å²) >= 11 is 10.6. The van der Waals surface area contributed by atoms with Gasteiger partial charge in [0.15, 0.2) is 0 Å². The van der Waals surface area contributed by atoms with Crippen LogP contribution in [0.2, 0.25) is 0 Å². The summed E-state index contributed by atoms with van der Waals surface area (Å²) < 4.78 is 4.35. The molecule has 26 heavy (non-hydrogen) atoms. The molecule has 2 N–H and O–H groups in total. The molecule has 0 aromatic rings. The van der Waals surface area contributed by atoms with Crippen LogP contribution in [0.5, 0.6) is 0 Å². The molecule has 0 spiro atoms. The van der Waals surface area contributed by atoms with Gasteiger partial charge in [0, 0.05) is 57.6 Å². The van der Waals surface area contributed by atoms with Crippen LogP contribution in [0.3, 0.4) is 0 Å². The molecule has 4 aliphatic rings. The number of nitrogens with zero attached hydrogens (tertiary/aromatic N) is 3. The van der Waals surface area contributed by atoms with Crippen LogP contribution in [0.25, 0.3) is 0 Å². The summed E-state index contributed by atoms with van der Waals surface area (Å²) in [5.41, 5.74) is 1.20. The molecule has 4 rings (SSSR count). The van der Waals surface area contributed by atoms with Crippen molar-refractivity contribution in [2.75, 3.05) is 45.1 Å². The van der Waals surface area contributed by atoms with Crippen molar-refractivity contribution in [2.45, 2.75) is 12.0 Å². The van der Waals surface area contributed by atoms with Gasteiger partial charge in [0.25, 0.3) is 0 Å². The summed E-state index contributed by atoms with van der Waals surface area (Å²) in [6, 6.07) is 0. The second-order valence-corrected chi connectivity index (χ2v) is 7.71. The van der Waals surface area contributed by atoms with Gasteiger partial charge < -0.3 is 24.5 Å². The van der Waals surface area contributed by atoms with Gasteiger partial charge in [-0.3, -0.25) is 14.1 Å². The Balaban J connectivity index is 0.000000188. The molecule has 0 saturated carbocycles. The SMILES string of the molecule is O=C1C=C(N2CC2)C(=O)C(N2CC2)=C1N1CC1.OP(O)OC(Cl)CCCl. The van der Waals surface area contributed by atoms with E-state index in [4.69, 9.17) is 33.0 Å². The molecule has 3 fully saturated rings. The topological polar surface area (TPSA) is 92.9 Å². The molecule has 11 heteroatoms. The van der Waals surface area contributed by atoms with E-state index in [0.717, 1.165) is 39.3 Å². The molecule has 0 aromatic carbocycles. The lowest BCUT2D eigenvalue weighted by Crippen LogP contribution is -2.29. The average Bonchev–Trinajstić information content (AvgIpc) is 3.43. The van der Waals surface area contributed by atoms with Gasteiger partial charge in [-0.05, 0) is 0 Å². The molecular weight excluding hydrogens is 404 g/mol. The van der Waals surface area contributed by atoms with Crippen LogP contribution < -0.4 is 0 Å². The maximum absolute atomic E-state index is 12.4. The minimum absolute atomic E-state index is 0.00546. The molecule has 3 heterocycles. The summed E-state index contributed by atoms with van der Waals surface area (Å²) in [4.78, 5) is 46.9. The smallest absolute Gasteiger partial charge is 0.328 e. The minimum Gasteiger partial charge on any atom is -0.365 e. The lowest BCUT2D eigenvalue weighted by atomic mass is 10.0. The molecule has 1 unspecified atom stereocenters. The molecule has 8 nitrogen and oxygen atoms in total. The third-order valence-electron chi connectivity index (χ3n) is 4.03. The number of halogens is 2. The van der Waals surface area contributed by atoms with E-state index < -0.39 is 14.2 Å². The van der Waals surface area contributed by atoms with Gasteiger partial charge in [-0.15, -0.1) is 11.6 Å². The monoisotopic (exact) mass is 423 g/mol. The highest BCUT2D eigenvalue weighted by Crippen LogP contribution is 2.34. The summed E-state index contributed by atoms with van der Waals surface area (Å²) in [5.74, 6) is 0.393. The van der Waals surface area contributed by atoms with E-state index in [1.807, 2.05) is 14.7 Å². The summed E-state index contributed by atoms with van der Waals surface area (Å²) in [6.45, 7) is 5.41. The van der Waals surface area contributed by atoms with Crippen molar-refractivity contribution in [3.63, 3.8) is 0 Å². The second-order valence-electron chi connectivity index (χ2n) is 6.13. The van der Waals surface area contributed by atoms with Gasteiger partial charge in [0.1, 0.15) is 17.0 Å². The van der Waals surface area contributed by atoms with E-state index in [2.05, 4.69) is 4.52 Å². The Labute approximate surface area is 162 Å². The Morgan fingerprint density at radius 2 is 1.58 bits per heavy atom. The summed E-state index contributed by atoms with van der Waals surface area (Å²) in [6.07, 6.45) is 1.93. The van der Waals surface area contributed by atoms with Crippen LogP contribution in [-0.4, -0.2) is 86.8 Å². The Bertz CT molecular complexity index is 645. The van der Waals surface area contributed by atoms with E-state index in [-0.39, 0.29) is 11.6 Å². The van der Waals surface area contributed by atoms with Gasteiger partial charge in [0.2, 0.25) is 11.6 Å². The molecule has 0 bridgehead atoms. The highest BCUT2D eigenvalue weighted by molar-refractivity contribution is 7.39. The maximum Gasteiger partial charge on any atom is 0.328 e. The summed E-state index contributed by atoms with van der Waals surface area (Å²) in [5, 5.41) is 0. The highest BCUT2D eigenvalue weighted by Gasteiger charge is 2.43. The van der Waals surface area contributed by atoms with Crippen molar-refractivity contribution in [3.05, 3.63) is 23.2 Å². The van der Waals surface area contributed by atoms with E-state index in [1.165, 1.54) is 6.08 Å². The van der Waals surface area contributed by atoms with Gasteiger partial charge in [-0.1, -0.05) is 11.6 Å². The molecule has 0 aromatic heterocycles. The fourth-order valence-electron chi connectivity index (χ4n) is 2.52. The third kappa shape index (κ3) is 5.09. The van der Waals surface area contributed by atoms with Crippen LogP contribution in [0, 0.1) is 0 Å². The van der Waals surface area contributed by atoms with Crippen molar-refractivity contribution in [3.8, 4) is 0 Å². The molecule has 1 atom stereocenters. The Hall–Kier alpha value is -0.890. The van der Waals surface area contributed by atoms with Crippen molar-refractivity contribution in [1.29, 1.82) is 0 Å². The van der Waals surface area contributed by atoms with Gasteiger partial charge in [-0.25, -0.2) is 0 Å². The number of rotatable bonds is 7. The number of hydrogen-bond donors (Lipinski definition) is 2. The first-order chi connectivity index (χ1) is 12.4. The Morgan fingerprint density at radius 1 is 1.04 bits per heavy atom. The number of alkyl halides is 2. The average molecular weight is 424 g/mol. The van der Waals surface area contributed by atoms with E-state index in [1.54, 1.807) is 0 Å². The van der Waals surface area contributed by atoms with Gasteiger partial charge in [0.05, 0.1) is 5.70 Å². The van der Waals surface area contributed by atoms with Crippen molar-refractivity contribution in [1.82, 2.24) is 14.7 Å². The zero-order valence-corrected chi connectivity index (χ0v) is 16.4. The molecule has 3 saturated heterocycles. The van der Waals surface area contributed by atoms with Crippen LogP contribution in [0.15, 0.2) is 23.2 Å². The fraction of sp³-hybridized carbons (Fsp3) is 0.600. The number of carbonyl (C=O) groups excluding carboxylic acids is 2. The molecule has 0 amide bonds. The molecule has 0 radical (unpaired) electrons. The second kappa shape index (κ2) is 8.42. The first-order valence-electron chi connectivity index (χ1n) is 8.27. The normalized spacial score (nSPS) is 22.3. The quantitative estimate of drug-likeness (QED) is 0.266. The zero-order chi connectivity index (χ0) is 18.8. The van der Waals surface area contributed by atoms with Crippen LogP contribution in [-0.2, 0) is 14.1 Å². The standard InChI is InChI=1S/C12H13N3O2.C3H7Cl2O3P/c16-9-7-8(13-1-2-13)12(17)11(15-5-6-15)10(9)14-3-4-14;4-2-1-3(5)8-9(6)7/h7H,1-6H2;3,6-7H,1-2H2. The first kappa shape index (κ1) is 19.9. The highest BCUT2D eigenvalue weighted by atomic mass is 35.5. The van der Waals surface area contributed by atoms with Crippen molar-refractivity contribution >= 4 is 43.4 Å². The van der Waals surface area contributed by atoms with E-state index >= 15 is 0 Å². The maximum atomic E-state index is 12.4. The summed E-state index contributed by atoms with van der Waals surface area (Å²) in [7, 11) is -2.34. The van der Waals surface area contributed by atoms with Crippen LogP contribution in [0.1, 0.15) is 6.42 Å². The Kier molecular flexibility index (Phi) is 6.43. The molecule has 1 aliphatic carbocycles. The van der Waals surface area contributed by atoms with Crippen molar-refractivity contribution in [2.24, 2.45) is 0 Å². The number of hydrogen-bond acceptors (Lipinski definition) is 8. The van der Waals surface area contributed by atoms with E-state index in [0.29, 0.717) is 29.4 Å². The number of allylic oxidation sites excluding steroid dienone is 1. The largest absolute Gasteiger partial charge is 0.365 e. The number of ketones is 2.